The standard InChI is InChI=1S/C10H19NO2/c1-3-5-10-11(6-4-7-12)9(2)8-13-10/h8,10,12H,3-7H2,1-2H3. The molecule has 0 fully saturated rings. The summed E-state index contributed by atoms with van der Waals surface area (Å²) < 4.78 is 5.50. The molecule has 1 heterocycles. The second kappa shape index (κ2) is 5.12. The molecule has 3 heteroatoms. The van der Waals surface area contributed by atoms with E-state index in [1.165, 1.54) is 5.70 Å². The SMILES string of the molecule is CCCC1OC=C(C)N1CCCO. The zero-order chi connectivity index (χ0) is 9.68. The fourth-order valence-corrected chi connectivity index (χ4v) is 1.58. The van der Waals surface area contributed by atoms with Crippen molar-refractivity contribution in [3.63, 3.8) is 0 Å². The van der Waals surface area contributed by atoms with Gasteiger partial charge in [-0.15, -0.1) is 0 Å². The van der Waals surface area contributed by atoms with Crippen molar-refractivity contribution in [3.8, 4) is 0 Å². The summed E-state index contributed by atoms with van der Waals surface area (Å²) in [6, 6.07) is 0. The Bertz CT molecular complexity index is 180. The number of aliphatic hydroxyl groups is 1. The first-order valence-electron chi connectivity index (χ1n) is 4.99. The normalized spacial score (nSPS) is 21.6. The van der Waals surface area contributed by atoms with Crippen LogP contribution in [0.1, 0.15) is 33.1 Å². The minimum absolute atomic E-state index is 0.205. The van der Waals surface area contributed by atoms with Crippen molar-refractivity contribution in [1.82, 2.24) is 4.90 Å². The van der Waals surface area contributed by atoms with Crippen LogP contribution in [0.3, 0.4) is 0 Å². The predicted molar refractivity (Wildman–Crippen MR) is 51.9 cm³/mol. The lowest BCUT2D eigenvalue weighted by atomic mass is 10.2. The fraction of sp³-hybridized carbons (Fsp3) is 0.800. The quantitative estimate of drug-likeness (QED) is 0.707. The van der Waals surface area contributed by atoms with Crippen molar-refractivity contribution in [3.05, 3.63) is 12.0 Å². The van der Waals surface area contributed by atoms with Gasteiger partial charge >= 0.3 is 0 Å². The van der Waals surface area contributed by atoms with E-state index < -0.39 is 0 Å². The molecule has 1 rings (SSSR count). The molecule has 0 spiro atoms. The van der Waals surface area contributed by atoms with Crippen LogP contribution in [0, 0.1) is 0 Å². The number of nitrogens with zero attached hydrogens (tertiary/aromatic N) is 1. The van der Waals surface area contributed by atoms with Gasteiger partial charge in [0.05, 0.1) is 0 Å². The van der Waals surface area contributed by atoms with E-state index in [1.54, 1.807) is 0 Å². The molecule has 76 valence electrons. The summed E-state index contributed by atoms with van der Waals surface area (Å²) in [4.78, 5) is 2.22. The van der Waals surface area contributed by atoms with Gasteiger partial charge in [-0.1, -0.05) is 13.3 Å². The van der Waals surface area contributed by atoms with Crippen molar-refractivity contribution < 1.29 is 9.84 Å². The summed E-state index contributed by atoms with van der Waals surface area (Å²) in [7, 11) is 0. The maximum atomic E-state index is 8.74. The van der Waals surface area contributed by atoms with Gasteiger partial charge in [0.1, 0.15) is 6.26 Å². The van der Waals surface area contributed by atoms with E-state index in [9.17, 15) is 0 Å². The zero-order valence-electron chi connectivity index (χ0n) is 8.49. The van der Waals surface area contributed by atoms with Crippen molar-refractivity contribution in [2.45, 2.75) is 39.3 Å². The third-order valence-corrected chi connectivity index (χ3v) is 2.29. The highest BCUT2D eigenvalue weighted by atomic mass is 16.5. The van der Waals surface area contributed by atoms with Gasteiger partial charge in [-0.3, -0.25) is 0 Å². The Hall–Kier alpha value is -0.700. The summed E-state index contributed by atoms with van der Waals surface area (Å²) in [5.41, 5.74) is 1.17. The van der Waals surface area contributed by atoms with E-state index in [0.29, 0.717) is 0 Å². The minimum atomic E-state index is 0.205. The van der Waals surface area contributed by atoms with Crippen LogP contribution < -0.4 is 0 Å². The van der Waals surface area contributed by atoms with Crippen LogP contribution in [0.4, 0.5) is 0 Å². The van der Waals surface area contributed by atoms with E-state index in [0.717, 1.165) is 25.8 Å². The highest BCUT2D eigenvalue weighted by molar-refractivity contribution is 4.99. The van der Waals surface area contributed by atoms with Crippen molar-refractivity contribution in [1.29, 1.82) is 0 Å². The molecule has 0 aromatic heterocycles. The number of hydrogen-bond donors (Lipinski definition) is 1. The molecule has 0 amide bonds. The van der Waals surface area contributed by atoms with Crippen LogP contribution >= 0.6 is 0 Å². The first-order valence-corrected chi connectivity index (χ1v) is 4.99. The molecule has 0 aromatic carbocycles. The Morgan fingerprint density at radius 2 is 2.38 bits per heavy atom. The fourth-order valence-electron chi connectivity index (χ4n) is 1.58. The number of allylic oxidation sites excluding steroid dienone is 1. The molecule has 1 aliphatic rings. The monoisotopic (exact) mass is 185 g/mol. The number of ether oxygens (including phenoxy) is 1. The van der Waals surface area contributed by atoms with Crippen molar-refractivity contribution in [2.75, 3.05) is 13.2 Å². The zero-order valence-corrected chi connectivity index (χ0v) is 8.49. The van der Waals surface area contributed by atoms with Crippen LogP contribution in [0.15, 0.2) is 12.0 Å². The third kappa shape index (κ3) is 2.62. The summed E-state index contributed by atoms with van der Waals surface area (Å²) in [6.07, 6.45) is 5.02. The van der Waals surface area contributed by atoms with E-state index in [1.807, 2.05) is 13.2 Å². The van der Waals surface area contributed by atoms with Gasteiger partial charge in [0, 0.05) is 25.3 Å². The lowest BCUT2D eigenvalue weighted by Crippen LogP contribution is -2.31. The molecule has 0 aliphatic carbocycles. The lowest BCUT2D eigenvalue weighted by Gasteiger charge is -2.26. The molecule has 1 N–H and O–H groups in total. The van der Waals surface area contributed by atoms with Crippen LogP contribution in [0.2, 0.25) is 0 Å². The lowest BCUT2D eigenvalue weighted by molar-refractivity contribution is 0.0422. The number of aliphatic hydroxyl groups excluding tert-OH is 1. The average molecular weight is 185 g/mol. The Morgan fingerprint density at radius 1 is 1.62 bits per heavy atom. The Balaban J connectivity index is 2.40. The van der Waals surface area contributed by atoms with Crippen LogP contribution in [-0.4, -0.2) is 29.4 Å². The second-order valence-electron chi connectivity index (χ2n) is 3.41. The van der Waals surface area contributed by atoms with Gasteiger partial charge in [-0.25, -0.2) is 0 Å². The Labute approximate surface area is 80.0 Å². The summed E-state index contributed by atoms with van der Waals surface area (Å²) in [6.45, 7) is 5.35. The molecule has 0 saturated carbocycles. The number of hydrogen-bond acceptors (Lipinski definition) is 3. The molecular weight excluding hydrogens is 166 g/mol. The van der Waals surface area contributed by atoms with Gasteiger partial charge in [0.2, 0.25) is 0 Å². The van der Waals surface area contributed by atoms with Crippen molar-refractivity contribution in [2.24, 2.45) is 0 Å². The first-order chi connectivity index (χ1) is 6.29. The highest BCUT2D eigenvalue weighted by Crippen LogP contribution is 2.22. The largest absolute Gasteiger partial charge is 0.476 e. The predicted octanol–water partition coefficient (Wildman–Crippen LogP) is 1.69. The molecule has 0 aromatic rings. The topological polar surface area (TPSA) is 32.7 Å². The highest BCUT2D eigenvalue weighted by Gasteiger charge is 2.23. The second-order valence-corrected chi connectivity index (χ2v) is 3.41. The molecule has 0 saturated heterocycles. The molecule has 13 heavy (non-hydrogen) atoms. The summed E-state index contributed by atoms with van der Waals surface area (Å²) >= 11 is 0. The molecule has 0 bridgehead atoms. The van der Waals surface area contributed by atoms with E-state index in [4.69, 9.17) is 9.84 Å². The summed E-state index contributed by atoms with van der Waals surface area (Å²) in [5.74, 6) is 0. The van der Waals surface area contributed by atoms with E-state index in [-0.39, 0.29) is 12.8 Å². The van der Waals surface area contributed by atoms with Gasteiger partial charge in [0.15, 0.2) is 6.23 Å². The van der Waals surface area contributed by atoms with Gasteiger partial charge in [-0.05, 0) is 13.3 Å². The number of rotatable bonds is 5. The van der Waals surface area contributed by atoms with Crippen LogP contribution in [0.5, 0.6) is 0 Å². The summed E-state index contributed by atoms with van der Waals surface area (Å²) in [5, 5.41) is 8.74. The minimum Gasteiger partial charge on any atom is -0.476 e. The molecule has 1 atom stereocenters. The first kappa shape index (κ1) is 10.4. The molecular formula is C10H19NO2. The maximum absolute atomic E-state index is 8.74. The van der Waals surface area contributed by atoms with Crippen LogP contribution in [0.25, 0.3) is 0 Å². The Kier molecular flexibility index (Phi) is 4.09. The van der Waals surface area contributed by atoms with E-state index >= 15 is 0 Å². The molecule has 1 unspecified atom stereocenters. The third-order valence-electron chi connectivity index (χ3n) is 2.29. The van der Waals surface area contributed by atoms with Gasteiger partial charge < -0.3 is 14.7 Å². The molecule has 3 nitrogen and oxygen atoms in total. The molecule has 0 radical (unpaired) electrons. The van der Waals surface area contributed by atoms with Gasteiger partial charge in [-0.2, -0.15) is 0 Å². The Morgan fingerprint density at radius 3 is 3.00 bits per heavy atom. The van der Waals surface area contributed by atoms with E-state index in [2.05, 4.69) is 11.8 Å². The van der Waals surface area contributed by atoms with Gasteiger partial charge in [0.25, 0.3) is 0 Å². The van der Waals surface area contributed by atoms with Crippen LogP contribution in [-0.2, 0) is 4.74 Å². The average Bonchev–Trinajstić information content (AvgIpc) is 2.45. The van der Waals surface area contributed by atoms with Crippen molar-refractivity contribution >= 4 is 0 Å². The molecule has 1 aliphatic heterocycles. The maximum Gasteiger partial charge on any atom is 0.171 e. The smallest absolute Gasteiger partial charge is 0.171 e.